The number of aromatic nitrogens is 1. The summed E-state index contributed by atoms with van der Waals surface area (Å²) in [5.74, 6) is -1.21. The maximum absolute atomic E-state index is 12.4. The zero-order valence-corrected chi connectivity index (χ0v) is 9.47. The Kier molecular flexibility index (Phi) is 4.12. The molecule has 0 bridgehead atoms. The van der Waals surface area contributed by atoms with Crippen molar-refractivity contribution in [3.05, 3.63) is 28.2 Å². The monoisotopic (exact) mass is 263 g/mol. The van der Waals surface area contributed by atoms with Gasteiger partial charge in [-0.15, -0.1) is 0 Å². The molecule has 0 aromatic carbocycles. The molecule has 0 saturated carbocycles. The number of alkyl halides is 3. The minimum atomic E-state index is -4.59. The van der Waals surface area contributed by atoms with Crippen molar-refractivity contribution in [1.82, 2.24) is 4.98 Å². The number of carbonyl (C=O) groups is 1. The number of halogens is 3. The molecule has 5 nitrogen and oxygen atoms in total. The van der Waals surface area contributed by atoms with E-state index in [4.69, 9.17) is 5.73 Å². The Bertz CT molecular complexity index is 496. The van der Waals surface area contributed by atoms with E-state index in [1.807, 2.05) is 4.98 Å². The van der Waals surface area contributed by atoms with Crippen molar-refractivity contribution in [2.75, 3.05) is 11.9 Å². The Balaban J connectivity index is 3.03. The van der Waals surface area contributed by atoms with E-state index in [1.165, 1.54) is 6.92 Å². The van der Waals surface area contributed by atoms with Crippen LogP contribution in [0.2, 0.25) is 0 Å². The van der Waals surface area contributed by atoms with E-state index in [1.54, 1.807) is 0 Å². The lowest BCUT2D eigenvalue weighted by atomic mass is 10.1. The molecule has 1 rings (SSSR count). The summed E-state index contributed by atoms with van der Waals surface area (Å²) in [6.45, 7) is 1.53. The van der Waals surface area contributed by atoms with E-state index in [9.17, 15) is 22.8 Å². The van der Waals surface area contributed by atoms with Gasteiger partial charge in [-0.1, -0.05) is 6.92 Å². The maximum Gasteiger partial charge on any atom is 0.417 e. The van der Waals surface area contributed by atoms with E-state index >= 15 is 0 Å². The van der Waals surface area contributed by atoms with Gasteiger partial charge >= 0.3 is 6.18 Å². The average Bonchev–Trinajstić information content (AvgIpc) is 2.29. The number of pyridine rings is 1. The van der Waals surface area contributed by atoms with Crippen LogP contribution in [0.4, 0.5) is 18.9 Å². The maximum atomic E-state index is 12.4. The molecule has 1 aromatic heterocycles. The van der Waals surface area contributed by atoms with Crippen molar-refractivity contribution in [3.8, 4) is 0 Å². The molecule has 1 amide bonds. The number of aromatic amines is 1. The summed E-state index contributed by atoms with van der Waals surface area (Å²) >= 11 is 0. The SMILES string of the molecule is CC(CN)C(=O)Nc1cc(C(F)(F)F)c[nH]c1=O. The smallest absolute Gasteiger partial charge is 0.330 e. The quantitative estimate of drug-likeness (QED) is 0.758. The molecule has 1 atom stereocenters. The second kappa shape index (κ2) is 5.21. The normalized spacial score (nSPS) is 13.2. The zero-order chi connectivity index (χ0) is 13.9. The lowest BCUT2D eigenvalue weighted by Crippen LogP contribution is -2.29. The Morgan fingerprint density at radius 1 is 1.56 bits per heavy atom. The predicted molar refractivity (Wildman–Crippen MR) is 58.9 cm³/mol. The van der Waals surface area contributed by atoms with Crippen LogP contribution in [0.15, 0.2) is 17.1 Å². The Morgan fingerprint density at radius 2 is 2.17 bits per heavy atom. The molecule has 1 heterocycles. The fourth-order valence-corrected chi connectivity index (χ4v) is 1.10. The summed E-state index contributed by atoms with van der Waals surface area (Å²) in [6.07, 6.45) is -4.05. The van der Waals surface area contributed by atoms with Crippen molar-refractivity contribution in [1.29, 1.82) is 0 Å². The minimum absolute atomic E-state index is 0.0305. The van der Waals surface area contributed by atoms with Gasteiger partial charge in [0.2, 0.25) is 5.91 Å². The molecule has 8 heteroatoms. The van der Waals surface area contributed by atoms with Gasteiger partial charge in [-0.25, -0.2) is 0 Å². The van der Waals surface area contributed by atoms with E-state index < -0.39 is 34.8 Å². The van der Waals surface area contributed by atoms with Crippen LogP contribution >= 0.6 is 0 Å². The highest BCUT2D eigenvalue weighted by Crippen LogP contribution is 2.29. The molecule has 18 heavy (non-hydrogen) atoms. The first kappa shape index (κ1) is 14.2. The number of hydrogen-bond donors (Lipinski definition) is 3. The number of anilines is 1. The summed E-state index contributed by atoms with van der Waals surface area (Å²) < 4.78 is 37.2. The van der Waals surface area contributed by atoms with Gasteiger partial charge in [-0.05, 0) is 6.07 Å². The second-order valence-electron chi connectivity index (χ2n) is 3.75. The fourth-order valence-electron chi connectivity index (χ4n) is 1.10. The molecule has 0 radical (unpaired) electrons. The summed E-state index contributed by atoms with van der Waals surface area (Å²) in [5.41, 5.74) is 2.94. The van der Waals surface area contributed by atoms with Crippen LogP contribution in [0, 0.1) is 5.92 Å². The summed E-state index contributed by atoms with van der Waals surface area (Å²) in [7, 11) is 0. The number of carbonyl (C=O) groups excluding carboxylic acids is 1. The second-order valence-corrected chi connectivity index (χ2v) is 3.75. The molecule has 100 valence electrons. The van der Waals surface area contributed by atoms with Gasteiger partial charge in [-0.2, -0.15) is 13.2 Å². The molecular formula is C10H12F3N3O2. The molecule has 1 aromatic rings. The van der Waals surface area contributed by atoms with Gasteiger partial charge < -0.3 is 16.0 Å². The Labute approximate surface area is 100 Å². The Hall–Kier alpha value is -1.83. The predicted octanol–water partition coefficient (Wildman–Crippen LogP) is 0.927. The molecule has 0 aliphatic carbocycles. The molecule has 1 unspecified atom stereocenters. The van der Waals surface area contributed by atoms with E-state index in [0.717, 1.165) is 0 Å². The molecule has 0 saturated heterocycles. The van der Waals surface area contributed by atoms with Gasteiger partial charge in [0, 0.05) is 18.7 Å². The summed E-state index contributed by atoms with van der Waals surface area (Å²) in [5, 5.41) is 2.11. The number of H-pyrrole nitrogens is 1. The van der Waals surface area contributed by atoms with Crippen LogP contribution < -0.4 is 16.6 Å². The molecule has 0 aliphatic heterocycles. The van der Waals surface area contributed by atoms with E-state index in [0.29, 0.717) is 12.3 Å². The van der Waals surface area contributed by atoms with Crippen LogP contribution in [0.3, 0.4) is 0 Å². The van der Waals surface area contributed by atoms with Crippen LogP contribution in [-0.4, -0.2) is 17.4 Å². The molecule has 0 fully saturated rings. The van der Waals surface area contributed by atoms with Gasteiger partial charge in [0.15, 0.2) is 0 Å². The van der Waals surface area contributed by atoms with E-state index in [2.05, 4.69) is 5.32 Å². The van der Waals surface area contributed by atoms with Gasteiger partial charge in [-0.3, -0.25) is 9.59 Å². The Morgan fingerprint density at radius 3 is 2.67 bits per heavy atom. The molecular weight excluding hydrogens is 251 g/mol. The third-order valence-corrected chi connectivity index (χ3v) is 2.29. The number of amides is 1. The first-order valence-corrected chi connectivity index (χ1v) is 5.06. The first-order valence-electron chi connectivity index (χ1n) is 5.06. The fraction of sp³-hybridized carbons (Fsp3) is 0.400. The number of nitrogens with one attached hydrogen (secondary N) is 2. The number of hydrogen-bond acceptors (Lipinski definition) is 3. The van der Waals surface area contributed by atoms with Crippen molar-refractivity contribution < 1.29 is 18.0 Å². The molecule has 0 spiro atoms. The van der Waals surface area contributed by atoms with Crippen LogP contribution in [0.1, 0.15) is 12.5 Å². The number of rotatable bonds is 3. The third kappa shape index (κ3) is 3.33. The lowest BCUT2D eigenvalue weighted by molar-refractivity contribution is -0.137. The molecule has 4 N–H and O–H groups in total. The van der Waals surface area contributed by atoms with Crippen molar-refractivity contribution in [3.63, 3.8) is 0 Å². The topological polar surface area (TPSA) is 88.0 Å². The van der Waals surface area contributed by atoms with Gasteiger partial charge in [0.1, 0.15) is 5.69 Å². The largest absolute Gasteiger partial charge is 0.417 e. The standard InChI is InChI=1S/C10H12F3N3O2/c1-5(3-14)8(17)16-7-2-6(10(11,12)13)4-15-9(7)18/h2,4-5H,3,14H2,1H3,(H,15,18)(H,16,17). The minimum Gasteiger partial charge on any atom is -0.330 e. The first-order chi connectivity index (χ1) is 8.25. The van der Waals surface area contributed by atoms with Crippen molar-refractivity contribution in [2.45, 2.75) is 13.1 Å². The third-order valence-electron chi connectivity index (χ3n) is 2.29. The van der Waals surface area contributed by atoms with E-state index in [-0.39, 0.29) is 6.54 Å². The summed E-state index contributed by atoms with van der Waals surface area (Å²) in [4.78, 5) is 24.6. The molecule has 0 aliphatic rings. The highest BCUT2D eigenvalue weighted by Gasteiger charge is 2.31. The lowest BCUT2D eigenvalue weighted by Gasteiger charge is -2.11. The highest BCUT2D eigenvalue weighted by atomic mass is 19.4. The average molecular weight is 263 g/mol. The van der Waals surface area contributed by atoms with Crippen LogP contribution in [-0.2, 0) is 11.0 Å². The summed E-state index contributed by atoms with van der Waals surface area (Å²) in [6, 6.07) is 0.583. The van der Waals surface area contributed by atoms with Gasteiger partial charge in [0.25, 0.3) is 5.56 Å². The number of nitrogens with two attached hydrogens (primary N) is 1. The van der Waals surface area contributed by atoms with Crippen LogP contribution in [0.25, 0.3) is 0 Å². The van der Waals surface area contributed by atoms with Crippen molar-refractivity contribution in [2.24, 2.45) is 11.7 Å². The zero-order valence-electron chi connectivity index (χ0n) is 9.47. The van der Waals surface area contributed by atoms with Crippen molar-refractivity contribution >= 4 is 11.6 Å². The highest BCUT2D eigenvalue weighted by molar-refractivity contribution is 5.92. The van der Waals surface area contributed by atoms with Gasteiger partial charge in [0.05, 0.1) is 5.56 Å². The van der Waals surface area contributed by atoms with Crippen LogP contribution in [0.5, 0.6) is 0 Å².